The van der Waals surface area contributed by atoms with E-state index >= 15 is 0 Å². The average molecular weight is 419 g/mol. The number of halogens is 1. The normalized spacial score (nSPS) is 10.8. The zero-order chi connectivity index (χ0) is 15.3. The Labute approximate surface area is 152 Å². The van der Waals surface area contributed by atoms with Gasteiger partial charge in [-0.25, -0.2) is 0 Å². The lowest BCUT2D eigenvalue weighted by molar-refractivity contribution is 0.414. The van der Waals surface area contributed by atoms with Crippen molar-refractivity contribution in [2.45, 2.75) is 39.0 Å². The molecule has 0 heterocycles. The maximum atomic E-state index is 5.16. The second-order valence-corrected chi connectivity index (χ2v) is 5.08. The van der Waals surface area contributed by atoms with Gasteiger partial charge in [-0.05, 0) is 37.0 Å². The number of aliphatic imine (C=N–C) groups is 1. The lowest BCUT2D eigenvalue weighted by atomic mass is 10.1. The molecule has 0 aliphatic heterocycles. The van der Waals surface area contributed by atoms with Crippen molar-refractivity contribution >= 4 is 29.9 Å². The van der Waals surface area contributed by atoms with Crippen LogP contribution < -0.4 is 15.4 Å². The van der Waals surface area contributed by atoms with Crippen LogP contribution in [0.3, 0.4) is 0 Å². The molecule has 2 N–H and O–H groups in total. The van der Waals surface area contributed by atoms with Crippen molar-refractivity contribution in [1.82, 2.24) is 10.6 Å². The standard InChI is InChI=1S/C17H29N3O.HI/c1-4-5-6-13-19-17(18-2)20-14-7-8-15-9-11-16(21-3)12-10-15;/h9-12H,4-8,13-14H2,1-3H3,(H2,18,19,20);1H. The molecule has 0 unspecified atom stereocenters. The van der Waals surface area contributed by atoms with E-state index in [1.54, 1.807) is 7.11 Å². The van der Waals surface area contributed by atoms with Crippen molar-refractivity contribution in [3.8, 4) is 5.75 Å². The molecule has 5 heteroatoms. The van der Waals surface area contributed by atoms with E-state index in [-0.39, 0.29) is 24.0 Å². The topological polar surface area (TPSA) is 45.7 Å². The largest absolute Gasteiger partial charge is 0.497 e. The molecule has 0 aliphatic rings. The smallest absolute Gasteiger partial charge is 0.190 e. The van der Waals surface area contributed by atoms with E-state index in [0.29, 0.717) is 0 Å². The number of benzene rings is 1. The van der Waals surface area contributed by atoms with E-state index in [1.807, 2.05) is 19.2 Å². The number of methoxy groups -OCH3 is 1. The van der Waals surface area contributed by atoms with Crippen LogP contribution in [0, 0.1) is 0 Å². The van der Waals surface area contributed by atoms with E-state index < -0.39 is 0 Å². The van der Waals surface area contributed by atoms with Crippen LogP contribution >= 0.6 is 24.0 Å². The lowest BCUT2D eigenvalue weighted by Gasteiger charge is -2.11. The second-order valence-electron chi connectivity index (χ2n) is 5.08. The van der Waals surface area contributed by atoms with Crippen molar-refractivity contribution in [1.29, 1.82) is 0 Å². The minimum atomic E-state index is 0. The minimum Gasteiger partial charge on any atom is -0.497 e. The Hall–Kier alpha value is -0.980. The third-order valence-electron chi connectivity index (χ3n) is 3.39. The number of hydrogen-bond donors (Lipinski definition) is 2. The Morgan fingerprint density at radius 1 is 1.05 bits per heavy atom. The molecule has 1 aromatic carbocycles. The van der Waals surface area contributed by atoms with Crippen LogP contribution in [0.1, 0.15) is 38.2 Å². The molecule has 0 fully saturated rings. The predicted octanol–water partition coefficient (Wildman–Crippen LogP) is 3.60. The van der Waals surface area contributed by atoms with E-state index in [9.17, 15) is 0 Å². The van der Waals surface area contributed by atoms with Crippen molar-refractivity contribution in [2.24, 2.45) is 4.99 Å². The van der Waals surface area contributed by atoms with Gasteiger partial charge in [-0.1, -0.05) is 31.9 Å². The van der Waals surface area contributed by atoms with Crippen molar-refractivity contribution in [3.05, 3.63) is 29.8 Å². The third-order valence-corrected chi connectivity index (χ3v) is 3.39. The molecular formula is C17H30IN3O. The summed E-state index contributed by atoms with van der Waals surface area (Å²) in [6.07, 6.45) is 5.85. The fraction of sp³-hybridized carbons (Fsp3) is 0.588. The van der Waals surface area contributed by atoms with Gasteiger partial charge in [-0.15, -0.1) is 24.0 Å². The van der Waals surface area contributed by atoms with Crippen molar-refractivity contribution in [2.75, 3.05) is 27.2 Å². The summed E-state index contributed by atoms with van der Waals surface area (Å²) >= 11 is 0. The first-order valence-corrected chi connectivity index (χ1v) is 7.87. The van der Waals surface area contributed by atoms with E-state index in [1.165, 1.54) is 24.8 Å². The van der Waals surface area contributed by atoms with Crippen LogP contribution in [0.2, 0.25) is 0 Å². The van der Waals surface area contributed by atoms with Crippen molar-refractivity contribution < 1.29 is 4.74 Å². The van der Waals surface area contributed by atoms with Gasteiger partial charge in [0.25, 0.3) is 0 Å². The molecule has 1 aromatic rings. The molecule has 0 atom stereocenters. The van der Waals surface area contributed by atoms with Crippen LogP contribution in [-0.2, 0) is 6.42 Å². The fourth-order valence-corrected chi connectivity index (χ4v) is 2.09. The molecule has 0 spiro atoms. The van der Waals surface area contributed by atoms with Crippen LogP contribution in [0.15, 0.2) is 29.3 Å². The van der Waals surface area contributed by atoms with Crippen LogP contribution in [0.5, 0.6) is 5.75 Å². The highest BCUT2D eigenvalue weighted by Gasteiger charge is 1.98. The predicted molar refractivity (Wildman–Crippen MR) is 106 cm³/mol. The van der Waals surface area contributed by atoms with Gasteiger partial charge in [0, 0.05) is 20.1 Å². The molecular weight excluding hydrogens is 389 g/mol. The summed E-state index contributed by atoms with van der Waals surface area (Å²) in [6.45, 7) is 4.14. The van der Waals surface area contributed by atoms with Gasteiger partial charge in [0.15, 0.2) is 5.96 Å². The zero-order valence-corrected chi connectivity index (χ0v) is 16.4. The number of ether oxygens (including phenoxy) is 1. The minimum absolute atomic E-state index is 0. The molecule has 0 aromatic heterocycles. The van der Waals surface area contributed by atoms with E-state index in [2.05, 4.69) is 34.7 Å². The average Bonchev–Trinajstić information content (AvgIpc) is 2.54. The van der Waals surface area contributed by atoms with Crippen LogP contribution in [0.25, 0.3) is 0 Å². The number of guanidine groups is 1. The molecule has 0 saturated carbocycles. The Kier molecular flexibility index (Phi) is 13.1. The lowest BCUT2D eigenvalue weighted by Crippen LogP contribution is -2.38. The molecule has 4 nitrogen and oxygen atoms in total. The number of unbranched alkanes of at least 4 members (excludes halogenated alkanes) is 2. The Morgan fingerprint density at radius 2 is 1.68 bits per heavy atom. The second kappa shape index (κ2) is 13.7. The van der Waals surface area contributed by atoms with Gasteiger partial charge in [0.1, 0.15) is 5.75 Å². The summed E-state index contributed by atoms with van der Waals surface area (Å²) in [5, 5.41) is 6.69. The van der Waals surface area contributed by atoms with Gasteiger partial charge < -0.3 is 15.4 Å². The fourth-order valence-electron chi connectivity index (χ4n) is 2.09. The van der Waals surface area contributed by atoms with E-state index in [0.717, 1.165) is 37.6 Å². The number of hydrogen-bond acceptors (Lipinski definition) is 2. The number of aryl methyl sites for hydroxylation is 1. The highest BCUT2D eigenvalue weighted by molar-refractivity contribution is 14.0. The number of nitrogens with zero attached hydrogens (tertiary/aromatic N) is 1. The van der Waals surface area contributed by atoms with Gasteiger partial charge in [-0.3, -0.25) is 4.99 Å². The summed E-state index contributed by atoms with van der Waals surface area (Å²) < 4.78 is 5.16. The molecule has 0 radical (unpaired) electrons. The monoisotopic (exact) mass is 419 g/mol. The first-order valence-electron chi connectivity index (χ1n) is 7.87. The molecule has 1 rings (SSSR count). The summed E-state index contributed by atoms with van der Waals surface area (Å²) in [5.74, 6) is 1.81. The summed E-state index contributed by atoms with van der Waals surface area (Å²) in [5.41, 5.74) is 1.34. The Morgan fingerprint density at radius 3 is 2.23 bits per heavy atom. The molecule has 0 saturated heterocycles. The van der Waals surface area contributed by atoms with Gasteiger partial charge in [0.05, 0.1) is 7.11 Å². The maximum absolute atomic E-state index is 5.16. The first kappa shape index (κ1) is 21.0. The van der Waals surface area contributed by atoms with Gasteiger partial charge >= 0.3 is 0 Å². The first-order chi connectivity index (χ1) is 10.3. The third kappa shape index (κ3) is 9.12. The van der Waals surface area contributed by atoms with Crippen LogP contribution in [0.4, 0.5) is 0 Å². The van der Waals surface area contributed by atoms with Gasteiger partial charge in [-0.2, -0.15) is 0 Å². The SMILES string of the molecule is CCCCCNC(=NC)NCCCc1ccc(OC)cc1.I. The quantitative estimate of drug-likeness (QED) is 0.278. The zero-order valence-electron chi connectivity index (χ0n) is 14.0. The summed E-state index contributed by atoms with van der Waals surface area (Å²) in [4.78, 5) is 4.23. The van der Waals surface area contributed by atoms with Gasteiger partial charge in [0.2, 0.25) is 0 Å². The van der Waals surface area contributed by atoms with E-state index in [4.69, 9.17) is 4.74 Å². The molecule has 0 amide bonds. The van der Waals surface area contributed by atoms with Crippen molar-refractivity contribution in [3.63, 3.8) is 0 Å². The number of rotatable bonds is 9. The highest BCUT2D eigenvalue weighted by Crippen LogP contribution is 2.12. The molecule has 126 valence electrons. The van der Waals surface area contributed by atoms with Crippen LogP contribution in [-0.4, -0.2) is 33.2 Å². The Balaban J connectivity index is 0.00000441. The summed E-state index contributed by atoms with van der Waals surface area (Å²) in [6, 6.07) is 8.27. The molecule has 0 aliphatic carbocycles. The Bertz CT molecular complexity index is 407. The molecule has 0 bridgehead atoms. The highest BCUT2D eigenvalue weighted by atomic mass is 127. The number of nitrogens with one attached hydrogen (secondary N) is 2. The molecule has 22 heavy (non-hydrogen) atoms. The summed E-state index contributed by atoms with van der Waals surface area (Å²) in [7, 11) is 3.51. The maximum Gasteiger partial charge on any atom is 0.190 e.